The molecule has 2 heterocycles. The SMILES string of the molecule is CC.CCCCc1c(-c2ccc(C(=O)OC(C)(C)C)cc2C(=O)N2Cc3ccccc3CC2CN)c(C(=O)OCC)nn1-c1ccccc1. The van der Waals surface area contributed by atoms with Crippen LogP contribution < -0.4 is 5.73 Å². The molecule has 0 bridgehead atoms. The van der Waals surface area contributed by atoms with Gasteiger partial charge < -0.3 is 20.1 Å². The first kappa shape index (κ1) is 37.1. The van der Waals surface area contributed by atoms with Gasteiger partial charge in [-0.25, -0.2) is 14.3 Å². The van der Waals surface area contributed by atoms with Crippen LogP contribution in [0.3, 0.4) is 0 Å². The van der Waals surface area contributed by atoms with E-state index in [1.54, 1.807) is 55.5 Å². The highest BCUT2D eigenvalue weighted by Crippen LogP contribution is 2.36. The van der Waals surface area contributed by atoms with Gasteiger partial charge in [-0.1, -0.05) is 75.7 Å². The van der Waals surface area contributed by atoms with Gasteiger partial charge in [0.15, 0.2) is 5.69 Å². The van der Waals surface area contributed by atoms with Crippen molar-refractivity contribution in [3.63, 3.8) is 0 Å². The van der Waals surface area contributed by atoms with E-state index in [1.165, 1.54) is 0 Å². The van der Waals surface area contributed by atoms with E-state index in [0.29, 0.717) is 30.5 Å². The Morgan fingerprint density at radius 1 is 0.918 bits per heavy atom. The Morgan fingerprint density at radius 2 is 1.59 bits per heavy atom. The standard InChI is InChI=1S/C38H44N4O5.C2H6/c1-6-8-18-32-33(34(37(45)46-7-2)40-42(32)28-16-10-9-11-17-28)30-20-19-26(36(44)47-38(3,4)5)22-31(30)35(43)41-24-27-15-13-12-14-25(27)21-29(41)23-39;1-2/h9-17,19-20,22,29H,6-8,18,21,23-24,39H2,1-5H3;1-2H3. The van der Waals surface area contributed by atoms with Crippen LogP contribution in [-0.4, -0.2) is 57.3 Å². The minimum atomic E-state index is -0.734. The van der Waals surface area contributed by atoms with Gasteiger partial charge in [0.05, 0.1) is 23.6 Å². The van der Waals surface area contributed by atoms with Crippen LogP contribution in [0.2, 0.25) is 0 Å². The van der Waals surface area contributed by atoms with Crippen molar-refractivity contribution in [2.75, 3.05) is 13.2 Å². The van der Waals surface area contributed by atoms with Gasteiger partial charge in [-0.2, -0.15) is 5.10 Å². The molecule has 0 spiro atoms. The molecule has 5 rings (SSSR count). The highest BCUT2D eigenvalue weighted by molar-refractivity contribution is 6.07. The van der Waals surface area contributed by atoms with Crippen LogP contribution in [0.5, 0.6) is 0 Å². The zero-order chi connectivity index (χ0) is 35.7. The van der Waals surface area contributed by atoms with Crippen LogP contribution in [0.1, 0.15) is 109 Å². The lowest BCUT2D eigenvalue weighted by Gasteiger charge is -2.37. The third kappa shape index (κ3) is 8.46. The number of unbranched alkanes of at least 4 members (excludes halogenated alkanes) is 1. The van der Waals surface area contributed by atoms with Crippen LogP contribution >= 0.6 is 0 Å². The first-order valence-electron chi connectivity index (χ1n) is 17.4. The number of ether oxygens (including phenoxy) is 2. The lowest BCUT2D eigenvalue weighted by Crippen LogP contribution is -2.48. The van der Waals surface area contributed by atoms with Gasteiger partial charge in [0.25, 0.3) is 5.91 Å². The van der Waals surface area contributed by atoms with Gasteiger partial charge in [-0.3, -0.25) is 4.79 Å². The molecule has 1 atom stereocenters. The van der Waals surface area contributed by atoms with Crippen molar-refractivity contribution in [3.8, 4) is 16.8 Å². The van der Waals surface area contributed by atoms with Crippen molar-refractivity contribution in [2.45, 2.75) is 92.3 Å². The van der Waals surface area contributed by atoms with Crippen molar-refractivity contribution in [3.05, 3.63) is 106 Å². The van der Waals surface area contributed by atoms with E-state index < -0.39 is 17.5 Å². The van der Waals surface area contributed by atoms with Gasteiger partial charge >= 0.3 is 11.9 Å². The average molecular weight is 667 g/mol. The molecular weight excluding hydrogens is 616 g/mol. The van der Waals surface area contributed by atoms with Crippen molar-refractivity contribution in [1.29, 1.82) is 0 Å². The molecule has 1 aromatic heterocycles. The van der Waals surface area contributed by atoms with E-state index in [0.717, 1.165) is 35.3 Å². The largest absolute Gasteiger partial charge is 0.461 e. The Hall–Kier alpha value is -4.76. The molecule has 4 aromatic rings. The molecule has 0 aliphatic carbocycles. The van der Waals surface area contributed by atoms with Gasteiger partial charge in [0.1, 0.15) is 5.60 Å². The van der Waals surface area contributed by atoms with Crippen molar-refractivity contribution in [2.24, 2.45) is 5.73 Å². The van der Waals surface area contributed by atoms with Gasteiger partial charge in [0.2, 0.25) is 0 Å². The first-order chi connectivity index (χ1) is 23.6. The number of fused-ring (bicyclic) bond motifs is 1. The quantitative estimate of drug-likeness (QED) is 0.174. The van der Waals surface area contributed by atoms with Crippen molar-refractivity contribution >= 4 is 17.8 Å². The van der Waals surface area contributed by atoms with E-state index >= 15 is 0 Å². The fourth-order valence-corrected chi connectivity index (χ4v) is 6.03. The highest BCUT2D eigenvalue weighted by Gasteiger charge is 2.34. The summed E-state index contributed by atoms with van der Waals surface area (Å²) in [4.78, 5) is 43.5. The van der Waals surface area contributed by atoms with Crippen LogP contribution in [0, 0.1) is 0 Å². The van der Waals surface area contributed by atoms with E-state index in [2.05, 4.69) is 13.0 Å². The number of hydrogen-bond acceptors (Lipinski definition) is 7. The average Bonchev–Trinajstić information content (AvgIpc) is 3.49. The molecule has 9 heteroatoms. The lowest BCUT2D eigenvalue weighted by molar-refractivity contribution is 0.00692. The van der Waals surface area contributed by atoms with Crippen molar-refractivity contribution in [1.82, 2.24) is 14.7 Å². The second kappa shape index (κ2) is 16.6. The number of nitrogens with zero attached hydrogens (tertiary/aromatic N) is 3. The Balaban J connectivity index is 0.00000265. The molecule has 260 valence electrons. The predicted octanol–water partition coefficient (Wildman–Crippen LogP) is 7.57. The predicted molar refractivity (Wildman–Crippen MR) is 193 cm³/mol. The molecule has 2 N–H and O–H groups in total. The van der Waals surface area contributed by atoms with Gasteiger partial charge in [-0.15, -0.1) is 0 Å². The zero-order valence-electron chi connectivity index (χ0n) is 29.9. The molecule has 1 aliphatic heterocycles. The number of carbonyl (C=O) groups excluding carboxylic acids is 3. The van der Waals surface area contributed by atoms with Crippen LogP contribution in [0.15, 0.2) is 72.8 Å². The maximum absolute atomic E-state index is 14.8. The lowest BCUT2D eigenvalue weighted by atomic mass is 9.90. The zero-order valence-corrected chi connectivity index (χ0v) is 29.9. The third-order valence-corrected chi connectivity index (χ3v) is 8.26. The second-order valence-corrected chi connectivity index (χ2v) is 12.8. The first-order valence-corrected chi connectivity index (χ1v) is 17.4. The van der Waals surface area contributed by atoms with Crippen LogP contribution in [0.25, 0.3) is 16.8 Å². The normalized spacial score (nSPS) is 14.0. The minimum absolute atomic E-state index is 0.111. The smallest absolute Gasteiger partial charge is 0.359 e. The summed E-state index contributed by atoms with van der Waals surface area (Å²) in [6.45, 7) is 14.0. The maximum Gasteiger partial charge on any atom is 0.359 e. The summed E-state index contributed by atoms with van der Waals surface area (Å²) >= 11 is 0. The van der Waals surface area contributed by atoms with Gasteiger partial charge in [0, 0.05) is 30.3 Å². The molecule has 1 amide bonds. The van der Waals surface area contributed by atoms with E-state index in [-0.39, 0.29) is 41.9 Å². The number of rotatable bonds is 10. The minimum Gasteiger partial charge on any atom is -0.461 e. The summed E-state index contributed by atoms with van der Waals surface area (Å²) in [6, 6.07) is 22.3. The van der Waals surface area contributed by atoms with Crippen LogP contribution in [-0.2, 0) is 28.9 Å². The topological polar surface area (TPSA) is 117 Å². The number of carbonyl (C=O) groups is 3. The summed E-state index contributed by atoms with van der Waals surface area (Å²) in [7, 11) is 0. The molecule has 0 saturated heterocycles. The highest BCUT2D eigenvalue weighted by atomic mass is 16.6. The molecule has 1 aliphatic rings. The maximum atomic E-state index is 14.8. The van der Waals surface area contributed by atoms with E-state index in [4.69, 9.17) is 20.3 Å². The number of amides is 1. The molecule has 49 heavy (non-hydrogen) atoms. The fourth-order valence-electron chi connectivity index (χ4n) is 6.03. The number of esters is 2. The monoisotopic (exact) mass is 666 g/mol. The molecule has 0 radical (unpaired) electrons. The summed E-state index contributed by atoms with van der Waals surface area (Å²) in [6.07, 6.45) is 2.94. The summed E-state index contributed by atoms with van der Waals surface area (Å²) in [5.41, 5.74) is 10.9. The number of aromatic nitrogens is 2. The number of para-hydroxylation sites is 1. The van der Waals surface area contributed by atoms with E-state index in [1.807, 2.05) is 62.4 Å². The molecule has 9 nitrogen and oxygen atoms in total. The third-order valence-electron chi connectivity index (χ3n) is 8.26. The Bertz CT molecular complexity index is 1760. The summed E-state index contributed by atoms with van der Waals surface area (Å²) < 4.78 is 13.0. The molecule has 1 unspecified atom stereocenters. The van der Waals surface area contributed by atoms with Crippen LogP contribution in [0.4, 0.5) is 0 Å². The summed E-state index contributed by atoms with van der Waals surface area (Å²) in [5, 5.41) is 4.81. The summed E-state index contributed by atoms with van der Waals surface area (Å²) in [5.74, 6) is -1.43. The Kier molecular flexibility index (Phi) is 12.5. The Labute approximate surface area is 290 Å². The molecule has 0 saturated carbocycles. The number of benzene rings is 3. The molecule has 3 aromatic carbocycles. The Morgan fingerprint density at radius 3 is 2.22 bits per heavy atom. The molecule has 0 fully saturated rings. The van der Waals surface area contributed by atoms with Crippen molar-refractivity contribution < 1.29 is 23.9 Å². The molecular formula is C40H50N4O5. The number of nitrogens with two attached hydrogens (primary N) is 1. The fraction of sp³-hybridized carbons (Fsp3) is 0.400. The van der Waals surface area contributed by atoms with Gasteiger partial charge in [-0.05, 0) is 87.9 Å². The number of hydrogen-bond donors (Lipinski definition) is 1. The second-order valence-electron chi connectivity index (χ2n) is 12.8. The van der Waals surface area contributed by atoms with E-state index in [9.17, 15) is 14.4 Å².